The van der Waals surface area contributed by atoms with E-state index in [0.717, 1.165) is 18.4 Å². The van der Waals surface area contributed by atoms with Gasteiger partial charge < -0.3 is 0 Å². The van der Waals surface area contributed by atoms with E-state index in [4.69, 9.17) is 0 Å². The second-order valence-corrected chi connectivity index (χ2v) is 9.25. The molecule has 1 saturated heterocycles. The number of hydrogen-bond donors (Lipinski definition) is 1. The molecule has 1 aromatic rings. The van der Waals surface area contributed by atoms with Gasteiger partial charge in [-0.25, -0.2) is 34.6 Å². The van der Waals surface area contributed by atoms with Gasteiger partial charge in [0.15, 0.2) is 0 Å². The van der Waals surface area contributed by atoms with Crippen LogP contribution in [0.15, 0.2) is 23.1 Å². The lowest BCUT2D eigenvalue weighted by atomic mass is 9.99. The third-order valence-electron chi connectivity index (χ3n) is 3.79. The van der Waals surface area contributed by atoms with E-state index in [1.54, 1.807) is 0 Å². The molecule has 2 rings (SSSR count). The maximum Gasteiger partial charge on any atom is 0.243 e. The quantitative estimate of drug-likeness (QED) is 0.838. The molecule has 0 aliphatic carbocycles. The Balaban J connectivity index is 1.97. The van der Waals surface area contributed by atoms with Crippen LogP contribution in [-0.4, -0.2) is 47.0 Å². The summed E-state index contributed by atoms with van der Waals surface area (Å²) in [4.78, 5) is -0.730. The monoisotopic (exact) mass is 368 g/mol. The van der Waals surface area contributed by atoms with Crippen molar-refractivity contribution >= 4 is 20.0 Å². The van der Waals surface area contributed by atoms with Crippen molar-refractivity contribution in [2.45, 2.75) is 17.7 Å². The van der Waals surface area contributed by atoms with Crippen LogP contribution in [0, 0.1) is 17.6 Å². The normalized spacial score (nSPS) is 18.2. The fourth-order valence-electron chi connectivity index (χ4n) is 2.43. The smallest absolute Gasteiger partial charge is 0.213 e. The van der Waals surface area contributed by atoms with Gasteiger partial charge in [-0.15, -0.1) is 0 Å². The zero-order chi connectivity index (χ0) is 17.3. The maximum atomic E-state index is 13.6. The molecule has 130 valence electrons. The number of nitrogens with zero attached hydrogens (tertiary/aromatic N) is 1. The largest absolute Gasteiger partial charge is 0.243 e. The molecule has 1 fully saturated rings. The number of sulfonamides is 2. The summed E-state index contributed by atoms with van der Waals surface area (Å²) >= 11 is 0. The van der Waals surface area contributed by atoms with E-state index in [-0.39, 0.29) is 12.5 Å². The maximum absolute atomic E-state index is 13.6. The first-order chi connectivity index (χ1) is 10.6. The minimum Gasteiger partial charge on any atom is -0.213 e. The van der Waals surface area contributed by atoms with Crippen LogP contribution in [-0.2, 0) is 20.0 Å². The molecule has 0 spiro atoms. The molecule has 0 amide bonds. The van der Waals surface area contributed by atoms with Gasteiger partial charge in [0.2, 0.25) is 20.0 Å². The molecule has 23 heavy (non-hydrogen) atoms. The van der Waals surface area contributed by atoms with Crippen LogP contribution in [0.3, 0.4) is 0 Å². The van der Waals surface area contributed by atoms with Crippen LogP contribution < -0.4 is 4.72 Å². The van der Waals surface area contributed by atoms with Gasteiger partial charge in [0.25, 0.3) is 0 Å². The highest BCUT2D eigenvalue weighted by atomic mass is 32.2. The average Bonchev–Trinajstić information content (AvgIpc) is 2.47. The topological polar surface area (TPSA) is 83.6 Å². The Labute approximate surface area is 134 Å². The van der Waals surface area contributed by atoms with Gasteiger partial charge in [0.1, 0.15) is 16.5 Å². The molecule has 0 saturated carbocycles. The summed E-state index contributed by atoms with van der Waals surface area (Å²) in [5.74, 6) is -1.92. The average molecular weight is 368 g/mol. The second kappa shape index (κ2) is 6.80. The van der Waals surface area contributed by atoms with Crippen LogP contribution in [0.5, 0.6) is 0 Å². The Morgan fingerprint density at radius 3 is 2.35 bits per heavy atom. The van der Waals surface area contributed by atoms with Crippen LogP contribution in [0.1, 0.15) is 12.8 Å². The van der Waals surface area contributed by atoms with Gasteiger partial charge in [0.05, 0.1) is 6.26 Å². The predicted octanol–water partition coefficient (Wildman–Crippen LogP) is 0.915. The Kier molecular flexibility index (Phi) is 5.39. The third-order valence-corrected chi connectivity index (χ3v) is 6.53. The van der Waals surface area contributed by atoms with Crippen molar-refractivity contribution in [1.82, 2.24) is 9.03 Å². The van der Waals surface area contributed by atoms with Gasteiger partial charge >= 0.3 is 0 Å². The molecule has 1 aromatic carbocycles. The van der Waals surface area contributed by atoms with Crippen LogP contribution in [0.4, 0.5) is 8.78 Å². The Bertz CT molecular complexity index is 773. The van der Waals surface area contributed by atoms with Gasteiger partial charge in [-0.2, -0.15) is 0 Å². The highest BCUT2D eigenvalue weighted by molar-refractivity contribution is 7.89. The molecule has 0 unspecified atom stereocenters. The molecular formula is C13H18F2N2O4S2. The van der Waals surface area contributed by atoms with E-state index < -0.39 is 36.6 Å². The summed E-state index contributed by atoms with van der Waals surface area (Å²) in [5, 5.41) is 0. The second-order valence-electron chi connectivity index (χ2n) is 5.53. The molecule has 1 aliphatic heterocycles. The van der Waals surface area contributed by atoms with E-state index in [2.05, 4.69) is 4.72 Å². The van der Waals surface area contributed by atoms with Gasteiger partial charge in [-0.05, 0) is 37.0 Å². The molecule has 10 heteroatoms. The number of rotatable bonds is 5. The van der Waals surface area contributed by atoms with Crippen molar-refractivity contribution in [1.29, 1.82) is 0 Å². The van der Waals surface area contributed by atoms with E-state index in [9.17, 15) is 25.6 Å². The van der Waals surface area contributed by atoms with Crippen LogP contribution in [0.25, 0.3) is 0 Å². The first-order valence-electron chi connectivity index (χ1n) is 6.99. The summed E-state index contributed by atoms with van der Waals surface area (Å²) in [5.41, 5.74) is 0. The summed E-state index contributed by atoms with van der Waals surface area (Å²) in [6.45, 7) is 0.689. The third kappa shape index (κ3) is 4.69. The van der Waals surface area contributed by atoms with Crippen molar-refractivity contribution in [3.8, 4) is 0 Å². The number of hydrogen-bond acceptors (Lipinski definition) is 4. The Hall–Kier alpha value is -1.10. The van der Waals surface area contributed by atoms with Crippen LogP contribution >= 0.6 is 0 Å². The summed E-state index contributed by atoms with van der Waals surface area (Å²) in [6.07, 6.45) is 2.13. The Morgan fingerprint density at radius 1 is 1.17 bits per heavy atom. The minimum atomic E-state index is -4.15. The lowest BCUT2D eigenvalue weighted by Crippen LogP contribution is -2.41. The number of benzene rings is 1. The summed E-state index contributed by atoms with van der Waals surface area (Å²) in [6, 6.07) is 2.23. The van der Waals surface area contributed by atoms with Crippen molar-refractivity contribution in [2.75, 3.05) is 25.9 Å². The van der Waals surface area contributed by atoms with Crippen LogP contribution in [0.2, 0.25) is 0 Å². The highest BCUT2D eigenvalue weighted by Crippen LogP contribution is 2.20. The molecular weight excluding hydrogens is 350 g/mol. The fourth-order valence-corrected chi connectivity index (χ4v) is 4.51. The fraction of sp³-hybridized carbons (Fsp3) is 0.538. The van der Waals surface area contributed by atoms with Gasteiger partial charge in [0, 0.05) is 19.6 Å². The highest BCUT2D eigenvalue weighted by Gasteiger charge is 2.27. The molecule has 6 nitrogen and oxygen atoms in total. The molecule has 0 aromatic heterocycles. The summed E-state index contributed by atoms with van der Waals surface area (Å²) < 4.78 is 77.2. The first-order valence-corrected chi connectivity index (χ1v) is 10.3. The molecule has 1 N–H and O–H groups in total. The van der Waals surface area contributed by atoms with Gasteiger partial charge in [-0.1, -0.05) is 0 Å². The van der Waals surface area contributed by atoms with Crippen molar-refractivity contribution in [3.05, 3.63) is 29.8 Å². The lowest BCUT2D eigenvalue weighted by Gasteiger charge is -2.30. The molecule has 1 heterocycles. The SMILES string of the molecule is CS(=O)(=O)N1CCC(CNS(=O)(=O)c2cc(F)ccc2F)CC1. The van der Waals surface area contributed by atoms with Crippen molar-refractivity contribution in [3.63, 3.8) is 0 Å². The predicted molar refractivity (Wildman–Crippen MR) is 80.7 cm³/mol. The summed E-state index contributed by atoms with van der Waals surface area (Å²) in [7, 11) is -7.39. The standard InChI is InChI=1S/C13H18F2N2O4S2/c1-22(18,19)17-6-4-10(5-7-17)9-16-23(20,21)13-8-11(14)2-3-12(13)15/h2-3,8,10,16H,4-7,9H2,1H3. The van der Waals surface area contributed by atoms with Gasteiger partial charge in [-0.3, -0.25) is 0 Å². The first kappa shape index (κ1) is 18.2. The van der Waals surface area contributed by atoms with E-state index in [0.29, 0.717) is 32.0 Å². The molecule has 0 bridgehead atoms. The number of halogens is 2. The lowest BCUT2D eigenvalue weighted by molar-refractivity contribution is 0.275. The molecule has 0 atom stereocenters. The Morgan fingerprint density at radius 2 is 1.78 bits per heavy atom. The molecule has 1 aliphatic rings. The van der Waals surface area contributed by atoms with Crippen molar-refractivity contribution < 1.29 is 25.6 Å². The molecule has 0 radical (unpaired) electrons. The zero-order valence-electron chi connectivity index (χ0n) is 12.5. The minimum absolute atomic E-state index is 0.0515. The van der Waals surface area contributed by atoms with E-state index in [1.165, 1.54) is 4.31 Å². The number of nitrogens with one attached hydrogen (secondary N) is 1. The van der Waals surface area contributed by atoms with E-state index >= 15 is 0 Å². The zero-order valence-corrected chi connectivity index (χ0v) is 14.1. The van der Waals surface area contributed by atoms with E-state index in [1.807, 2.05) is 0 Å². The van der Waals surface area contributed by atoms with Crippen molar-refractivity contribution in [2.24, 2.45) is 5.92 Å². The number of piperidine rings is 1.